The maximum absolute atomic E-state index is 11.1. The Bertz CT molecular complexity index is 365. The number of hydrogen-bond acceptors (Lipinski definition) is 5. The molecule has 1 heterocycles. The number of aromatic nitrogens is 2. The van der Waals surface area contributed by atoms with E-state index < -0.39 is 5.97 Å². The smallest absolute Gasteiger partial charge is 0.358 e. The van der Waals surface area contributed by atoms with Gasteiger partial charge in [0.05, 0.1) is 19.5 Å². The van der Waals surface area contributed by atoms with Gasteiger partial charge in [0.1, 0.15) is 5.82 Å². The van der Waals surface area contributed by atoms with E-state index in [1.165, 1.54) is 19.5 Å². The van der Waals surface area contributed by atoms with Crippen molar-refractivity contribution in [1.82, 2.24) is 9.97 Å². The van der Waals surface area contributed by atoms with Crippen molar-refractivity contribution in [3.05, 3.63) is 30.7 Å². The Hall–Kier alpha value is -1.91. The number of carbonyl (C=O) groups is 1. The van der Waals surface area contributed by atoms with Gasteiger partial charge < -0.3 is 10.1 Å². The van der Waals surface area contributed by atoms with Gasteiger partial charge in [0.25, 0.3) is 0 Å². The minimum Gasteiger partial charge on any atom is -0.464 e. The highest BCUT2D eigenvalue weighted by Crippen LogP contribution is 2.05. The van der Waals surface area contributed by atoms with Gasteiger partial charge in [-0.2, -0.15) is 0 Å². The molecule has 1 aromatic heterocycles. The Morgan fingerprint density at radius 2 is 2.40 bits per heavy atom. The lowest BCUT2D eigenvalue weighted by molar-refractivity contribution is 0.0593. The van der Waals surface area contributed by atoms with E-state index in [1.54, 1.807) is 6.08 Å². The first-order chi connectivity index (χ1) is 7.17. The maximum Gasteiger partial charge on any atom is 0.358 e. The molecule has 1 N–H and O–H groups in total. The maximum atomic E-state index is 11.1. The zero-order chi connectivity index (χ0) is 11.3. The highest BCUT2D eigenvalue weighted by Gasteiger charge is 2.08. The summed E-state index contributed by atoms with van der Waals surface area (Å²) in [7, 11) is 1.30. The molecule has 15 heavy (non-hydrogen) atoms. The molecule has 0 saturated carbocycles. The summed E-state index contributed by atoms with van der Waals surface area (Å²) in [6.45, 7) is 5.54. The molecule has 1 rings (SSSR count). The van der Waals surface area contributed by atoms with Gasteiger partial charge in [-0.3, -0.25) is 4.98 Å². The molecule has 1 unspecified atom stereocenters. The lowest BCUT2D eigenvalue weighted by atomic mass is 10.3. The van der Waals surface area contributed by atoms with Gasteiger partial charge in [-0.05, 0) is 6.92 Å². The first-order valence-corrected chi connectivity index (χ1v) is 4.47. The van der Waals surface area contributed by atoms with Crippen LogP contribution in [0.4, 0.5) is 5.82 Å². The quantitative estimate of drug-likeness (QED) is 0.594. The lowest BCUT2D eigenvalue weighted by Gasteiger charge is -2.09. The minimum atomic E-state index is -0.502. The van der Waals surface area contributed by atoms with Crippen LogP contribution >= 0.6 is 0 Å². The van der Waals surface area contributed by atoms with Crippen molar-refractivity contribution in [1.29, 1.82) is 0 Å². The topological polar surface area (TPSA) is 64.1 Å². The average Bonchev–Trinajstić information content (AvgIpc) is 2.28. The molecule has 0 fully saturated rings. The number of anilines is 1. The SMILES string of the molecule is C=CC(C)Nc1cncc(C(=O)OC)n1. The summed E-state index contributed by atoms with van der Waals surface area (Å²) in [5, 5.41) is 3.01. The van der Waals surface area contributed by atoms with E-state index in [0.717, 1.165) is 0 Å². The highest BCUT2D eigenvalue weighted by molar-refractivity contribution is 5.87. The normalized spacial score (nSPS) is 11.6. The van der Waals surface area contributed by atoms with Gasteiger partial charge in [0.15, 0.2) is 5.69 Å². The van der Waals surface area contributed by atoms with Gasteiger partial charge in [0, 0.05) is 6.04 Å². The highest BCUT2D eigenvalue weighted by atomic mass is 16.5. The lowest BCUT2D eigenvalue weighted by Crippen LogP contribution is -2.14. The fraction of sp³-hybridized carbons (Fsp3) is 0.300. The molecule has 0 radical (unpaired) electrons. The predicted molar refractivity (Wildman–Crippen MR) is 56.7 cm³/mol. The molecular formula is C10H13N3O2. The minimum absolute atomic E-state index is 0.0622. The molecule has 5 nitrogen and oxygen atoms in total. The molecule has 1 atom stereocenters. The van der Waals surface area contributed by atoms with Crippen LogP contribution in [-0.2, 0) is 4.74 Å². The molecule has 0 aliphatic carbocycles. The average molecular weight is 207 g/mol. The molecule has 0 amide bonds. The Labute approximate surface area is 88.2 Å². The first-order valence-electron chi connectivity index (χ1n) is 4.47. The zero-order valence-corrected chi connectivity index (χ0v) is 8.73. The third kappa shape index (κ3) is 3.05. The number of rotatable bonds is 4. The van der Waals surface area contributed by atoms with Crippen LogP contribution in [0.2, 0.25) is 0 Å². The number of carbonyl (C=O) groups excluding carboxylic acids is 1. The van der Waals surface area contributed by atoms with Crippen LogP contribution < -0.4 is 5.32 Å². The van der Waals surface area contributed by atoms with Gasteiger partial charge in [-0.25, -0.2) is 9.78 Å². The second-order valence-corrected chi connectivity index (χ2v) is 2.95. The standard InChI is InChI=1S/C10H13N3O2/c1-4-7(2)12-9-6-11-5-8(13-9)10(14)15-3/h4-7H,1H2,2-3H3,(H,12,13). The summed E-state index contributed by atoms with van der Waals surface area (Å²) in [5.41, 5.74) is 0.179. The Balaban J connectivity index is 2.83. The summed E-state index contributed by atoms with van der Waals surface area (Å²) in [6, 6.07) is 0.0622. The fourth-order valence-corrected chi connectivity index (χ4v) is 0.931. The van der Waals surface area contributed by atoms with Gasteiger partial charge in [-0.1, -0.05) is 6.08 Å². The number of ether oxygens (including phenoxy) is 1. The van der Waals surface area contributed by atoms with Crippen molar-refractivity contribution >= 4 is 11.8 Å². The number of methoxy groups -OCH3 is 1. The summed E-state index contributed by atoms with van der Waals surface area (Å²) in [4.78, 5) is 19.1. The van der Waals surface area contributed by atoms with Gasteiger partial charge in [0.2, 0.25) is 0 Å². The van der Waals surface area contributed by atoms with E-state index in [9.17, 15) is 4.79 Å². The Morgan fingerprint density at radius 3 is 3.00 bits per heavy atom. The van der Waals surface area contributed by atoms with Crippen LogP contribution in [-0.4, -0.2) is 29.1 Å². The van der Waals surface area contributed by atoms with Crippen molar-refractivity contribution in [3.8, 4) is 0 Å². The molecule has 80 valence electrons. The van der Waals surface area contributed by atoms with Crippen LogP contribution in [0.3, 0.4) is 0 Å². The van der Waals surface area contributed by atoms with E-state index in [4.69, 9.17) is 0 Å². The molecule has 5 heteroatoms. The summed E-state index contributed by atoms with van der Waals surface area (Å²) in [5.74, 6) is 0.0164. The number of nitrogens with zero attached hydrogens (tertiary/aromatic N) is 2. The molecule has 0 saturated heterocycles. The number of nitrogens with one attached hydrogen (secondary N) is 1. The summed E-state index contributed by atoms with van der Waals surface area (Å²) in [6.07, 6.45) is 4.62. The second-order valence-electron chi connectivity index (χ2n) is 2.95. The fourth-order valence-electron chi connectivity index (χ4n) is 0.931. The summed E-state index contributed by atoms with van der Waals surface area (Å²) >= 11 is 0. The van der Waals surface area contributed by atoms with E-state index in [2.05, 4.69) is 26.6 Å². The van der Waals surface area contributed by atoms with E-state index in [1.807, 2.05) is 6.92 Å². The van der Waals surface area contributed by atoms with E-state index >= 15 is 0 Å². The summed E-state index contributed by atoms with van der Waals surface area (Å²) < 4.78 is 4.53. The number of esters is 1. The molecule has 0 bridgehead atoms. The monoisotopic (exact) mass is 207 g/mol. The van der Waals surface area contributed by atoms with Crippen LogP contribution in [0.15, 0.2) is 25.0 Å². The van der Waals surface area contributed by atoms with Crippen LogP contribution in [0.1, 0.15) is 17.4 Å². The molecule has 0 aliphatic heterocycles. The third-order valence-electron chi connectivity index (χ3n) is 1.76. The number of hydrogen-bond donors (Lipinski definition) is 1. The van der Waals surface area contributed by atoms with Gasteiger partial charge in [-0.15, -0.1) is 6.58 Å². The van der Waals surface area contributed by atoms with E-state index in [0.29, 0.717) is 5.82 Å². The second kappa shape index (κ2) is 5.09. The zero-order valence-electron chi connectivity index (χ0n) is 8.73. The van der Waals surface area contributed by atoms with Crippen LogP contribution in [0, 0.1) is 0 Å². The molecule has 1 aromatic rings. The van der Waals surface area contributed by atoms with Crippen molar-refractivity contribution in [3.63, 3.8) is 0 Å². The van der Waals surface area contributed by atoms with Crippen LogP contribution in [0.25, 0.3) is 0 Å². The van der Waals surface area contributed by atoms with E-state index in [-0.39, 0.29) is 11.7 Å². The van der Waals surface area contributed by atoms with Crippen molar-refractivity contribution in [2.24, 2.45) is 0 Å². The molecule has 0 spiro atoms. The van der Waals surface area contributed by atoms with Crippen molar-refractivity contribution < 1.29 is 9.53 Å². The first kappa shape index (κ1) is 11.2. The van der Waals surface area contributed by atoms with Crippen molar-refractivity contribution in [2.75, 3.05) is 12.4 Å². The third-order valence-corrected chi connectivity index (χ3v) is 1.76. The molecule has 0 aromatic carbocycles. The predicted octanol–water partition coefficient (Wildman–Crippen LogP) is 1.25. The van der Waals surface area contributed by atoms with Crippen LogP contribution in [0.5, 0.6) is 0 Å². The van der Waals surface area contributed by atoms with Crippen molar-refractivity contribution in [2.45, 2.75) is 13.0 Å². The molecular weight excluding hydrogens is 194 g/mol. The van der Waals surface area contributed by atoms with Gasteiger partial charge >= 0.3 is 5.97 Å². The Kier molecular flexibility index (Phi) is 3.79. The molecule has 0 aliphatic rings. The Morgan fingerprint density at radius 1 is 1.67 bits per heavy atom. The largest absolute Gasteiger partial charge is 0.464 e.